The molecule has 1 N–H and O–H groups in total. The van der Waals surface area contributed by atoms with E-state index in [4.69, 9.17) is 6.17 Å². The third-order valence-corrected chi connectivity index (χ3v) is 5.84. The molecule has 2 aromatic rings. The van der Waals surface area contributed by atoms with Gasteiger partial charge in [0.15, 0.2) is 0 Å². The molecule has 354 valence electrons. The summed E-state index contributed by atoms with van der Waals surface area (Å²) in [5, 5.41) is 4.11. The van der Waals surface area contributed by atoms with Gasteiger partial charge in [0.1, 0.15) is 11.9 Å². The zero-order chi connectivity index (χ0) is 21.8. The second-order valence-electron chi connectivity index (χ2n) is 8.01. The molecule has 0 aromatic heterocycles. The van der Waals surface area contributed by atoms with E-state index in [1.165, 1.54) is 16.7 Å². The Labute approximate surface area is 323 Å². The number of benzene rings is 2. The van der Waals surface area contributed by atoms with Gasteiger partial charge < -0.3 is 14.7 Å². The zero-order valence-electron chi connectivity index (χ0n) is 19.0. The lowest BCUT2D eigenvalue weighted by atomic mass is 9.89. The Morgan fingerprint density at radius 1 is 1.34 bits per heavy atom. The lowest BCUT2D eigenvalue weighted by molar-refractivity contribution is -0.136. The molecule has 2 unspecified atom stereocenters. The number of hydrogen-bond acceptors (Lipinski definition) is 4. The Balaban J connectivity index is -0.00000000107. The maximum atomic E-state index is 11.6. The van der Waals surface area contributed by atoms with Crippen molar-refractivity contribution in [1.29, 1.82) is 1.43 Å². The van der Waals surface area contributed by atoms with Gasteiger partial charge in [0.2, 0.25) is 0 Å². The monoisotopic (exact) mass is 596 g/mol. The van der Waals surface area contributed by atoms with E-state index >= 15 is 0 Å². The van der Waals surface area contributed by atoms with Gasteiger partial charge >= 0.3 is 5.97 Å². The number of aryl methyl sites for hydroxylation is 1. The van der Waals surface area contributed by atoms with E-state index in [9.17, 15) is 4.79 Å². The highest BCUT2D eigenvalue weighted by Gasteiger charge is 2.24. The topological polar surface area (TPSA) is 49.8 Å². The molecule has 0 radical (unpaired) electrons. The maximum absolute atomic E-state index is 11.6. The van der Waals surface area contributed by atoms with E-state index in [0.29, 0.717) is 6.04 Å². The first-order valence-electron chi connectivity index (χ1n) is 10.7. The number of nitrogens with zero attached hydrogens (tertiary/aromatic N) is 1. The van der Waals surface area contributed by atoms with Gasteiger partial charge in [-0.15, -0.1) is 0 Å². The molecule has 1 aliphatic rings. The fraction of sp³-hybridized carbons (Fsp3) is 0.400. The van der Waals surface area contributed by atoms with Crippen LogP contribution in [0.2, 0.25) is 0 Å². The Hall–Kier alpha value is -2.59. The van der Waals surface area contributed by atoms with Crippen molar-refractivity contribution in [3.05, 3.63) is 70.3 Å². The minimum Gasteiger partial charge on any atom is -0.485 e. The Morgan fingerprint density at radius 3 is 2.86 bits per heavy atom. The number of fused-ring (bicyclic) bond motifs is 2. The molecule has 0 bridgehead atoms. The van der Waals surface area contributed by atoms with E-state index in [2.05, 4.69) is 69.0 Å². The smallest absolute Gasteiger partial charge is 0.307 e. The van der Waals surface area contributed by atoms with Crippen molar-refractivity contribution in [2.24, 2.45) is 0 Å². The van der Waals surface area contributed by atoms with E-state index in [1.807, 2.05) is 18.2 Å². The molecule has 0 fully saturated rings. The molecule has 29 heavy (non-hydrogen) atoms. The van der Waals surface area contributed by atoms with Gasteiger partial charge in [-0.25, -0.2) is 0 Å². The number of ether oxygens (including phenoxy) is 1. The fourth-order valence-electron chi connectivity index (χ4n) is 3.83. The van der Waals surface area contributed by atoms with Gasteiger partial charge in [-0.05, 0) is 69.6 Å². The quantitative estimate of drug-likeness (QED) is 0.361. The van der Waals surface area contributed by atoms with Gasteiger partial charge in [-0.1, -0.05) is 42.8 Å². The van der Waals surface area contributed by atoms with Crippen LogP contribution in [-0.2, 0) is 11.2 Å². The highest BCUT2D eigenvalue weighted by atomic mass is 16.5. The van der Waals surface area contributed by atoms with E-state index in [0.717, 1.165) is 35.4 Å². The predicted octanol–water partition coefficient (Wildman–Crippen LogP) is 29.8. The third kappa shape index (κ3) is 4.70. The minimum atomic E-state index is -0.572. The van der Waals surface area contributed by atoms with Crippen LogP contribution in [0.5, 0.6) is 5.75 Å². The molecule has 0 saturated heterocycles. The van der Waals surface area contributed by atoms with Crippen molar-refractivity contribution in [2.75, 3.05) is 13.6 Å². The van der Waals surface area contributed by atoms with Gasteiger partial charge in [-0.3, -0.25) is 4.79 Å². The van der Waals surface area contributed by atoms with E-state index in [-0.39, 0.29) is 155 Å². The summed E-state index contributed by atoms with van der Waals surface area (Å²) >= 11 is 0. The number of rotatable bonds is 6. The zero-order valence-corrected chi connectivity index (χ0v) is 18.0. The highest BCUT2D eigenvalue weighted by Crippen LogP contribution is 2.41. The average Bonchev–Trinajstić information content (AvgIpc) is 2.85. The number of aliphatic carboxylic acids is 1. The second kappa shape index (κ2) is 8.83. The number of hydrogen-bond donors (Lipinski definition) is 1. The van der Waals surface area contributed by atoms with Gasteiger partial charge in [-0.2, -0.15) is 0 Å². The summed E-state index contributed by atoms with van der Waals surface area (Å²) in [6, 6.07) is 12.7. The molecular weight excluding hydrogens is 362 g/mol. The standard InChI is InChI=1S/C25H31NO3.100H2/c1-6-26(5)17(3)8-11-21-20-10-7-16(2)13-22(20)18(4)29-24-12-9-19(14-23(21)24)15-25(27)28;;;;;;;;;;;;;;;;;;;;;;;;;;;;;;;;;;;;;;;;;;;;;;;;;;;;;;;;;;;;;;;;;;;;;;;;;;;;;;;;;;;;;;;;;;;;;;;;;;;;/h7,9-14,17-18H,6,8,15H2,1-5H3,(H,27,28);100*1H/b21-11-;;;;;;;;;;;;;;;;;;;;;;;;;;;;;;;;;;;;;;;;;;;;;;;;;;;;;;;;;;;;;;;;;;;;;;;;;;;;;;;;;;;;;;;;;;;;;;;;;;;;/i/hD. The molecule has 4 nitrogen and oxygen atoms in total. The molecule has 4 heteroatoms. The van der Waals surface area contributed by atoms with E-state index in [1.54, 1.807) is 0 Å². The predicted molar refractivity (Wildman–Crippen MR) is 329 cm³/mol. The van der Waals surface area contributed by atoms with Gasteiger partial charge in [0, 0.05) is 160 Å². The van der Waals surface area contributed by atoms with Crippen LogP contribution in [0.3, 0.4) is 0 Å². The molecular formula is C25H231NO3. The van der Waals surface area contributed by atoms with Crippen LogP contribution < -0.4 is 4.74 Å². The van der Waals surface area contributed by atoms with Crippen molar-refractivity contribution >= 4 is 11.5 Å². The highest BCUT2D eigenvalue weighted by molar-refractivity contribution is 5.86. The Morgan fingerprint density at radius 2 is 2.14 bits per heavy atom. The maximum Gasteiger partial charge on any atom is 0.307 e. The van der Waals surface area contributed by atoms with Crippen LogP contribution in [0.4, 0.5) is 0 Å². The van der Waals surface area contributed by atoms with Crippen LogP contribution in [0, 0.1) is 6.92 Å². The molecule has 0 aliphatic carbocycles. The molecule has 0 spiro atoms. The van der Waals surface area contributed by atoms with Crippen LogP contribution in [-0.4, -0.2) is 35.6 Å². The first-order valence-corrected chi connectivity index (χ1v) is 10.3. The van der Waals surface area contributed by atoms with Gasteiger partial charge in [0.25, 0.3) is 1.43 Å². The van der Waals surface area contributed by atoms with Crippen LogP contribution in [0.15, 0.2) is 42.5 Å². The van der Waals surface area contributed by atoms with E-state index < -0.39 is 5.97 Å². The summed E-state index contributed by atoms with van der Waals surface area (Å²) in [5.41, 5.74) is 6.45. The van der Waals surface area contributed by atoms with Crippen molar-refractivity contribution in [3.8, 4) is 5.75 Å². The Bertz CT molecular complexity index is 1050. The van der Waals surface area contributed by atoms with Crippen molar-refractivity contribution in [1.82, 2.24) is 4.90 Å². The third-order valence-electron chi connectivity index (χ3n) is 5.84. The molecule has 0 amide bonds. The van der Waals surface area contributed by atoms with Crippen molar-refractivity contribution in [2.45, 2.75) is 52.7 Å². The van der Waals surface area contributed by atoms with Crippen LogP contribution >= 0.6 is 0 Å². The summed E-state index contributed by atoms with van der Waals surface area (Å²) in [5.74, 6) is 0.236. The summed E-state index contributed by atoms with van der Waals surface area (Å²) in [6.07, 6.45) is 3.18. The normalized spacial score (nSPS) is 18.3. The number of carbonyl (C=O) groups is 1. The number of carboxylic acids is 1. The largest absolute Gasteiger partial charge is 0.485 e. The molecule has 1 aliphatic heterocycles. The van der Waals surface area contributed by atoms with Gasteiger partial charge in [0.05, 0.1) is 6.42 Å². The Kier molecular flexibility index (Phi) is 6.00. The SMILES string of the molecule is [2H]OC(=O)Cc1ccc2c(c1)/C(=C\CC(C)N(C)CC)c1ccc(C)cc1C(C)O2.[HH].[HH].[HH].[HH].[HH].[HH].[HH].[HH].[HH].[HH].[HH].[HH].[HH].[HH].[HH].[HH].[HH].[HH].[HH].[HH].[HH].[HH].[HH].[HH].[HH].[HH].[HH].[HH].[HH].[HH].[HH].[HH].[HH].[HH].[HH].[HH].[HH].[HH].[HH].[HH].[HH].[HH].[HH].[HH].[HH].[HH].[HH].[HH].[HH].[HH].[HH].[HH].[HH].[HH].[HH].[HH].[HH].[HH].[HH].[HH].[HH].[HH].[HH].[HH].[HH].[HH].[HH].[HH].[HH].[HH].[HH].[HH].[HH].[HH].[HH].[HH].[HH].[HH].[HH].[HH].[HH].[HH].[HH].[HH].[HH].[HH].[HH].[HH].[HH].[HH].[HH].[HH].[HH].[HH].[HH].[HH].[HH].[HH].[HH].[HH]. The summed E-state index contributed by atoms with van der Waals surface area (Å²) in [4.78, 5) is 14.0. The molecule has 2 aromatic carbocycles. The molecule has 1 heterocycles. The van der Waals surface area contributed by atoms with Crippen molar-refractivity contribution < 1.29 is 157 Å². The number of carboxylic acid groups (broad SMARTS) is 1. The molecule has 2 atom stereocenters. The summed E-state index contributed by atoms with van der Waals surface area (Å²) < 4.78 is 13.2. The lowest BCUT2D eigenvalue weighted by Crippen LogP contribution is -2.28. The first-order chi connectivity index (χ1) is 14.3. The minimum absolute atomic E-state index is 0. The lowest BCUT2D eigenvalue weighted by Gasteiger charge is -2.22. The van der Waals surface area contributed by atoms with Crippen molar-refractivity contribution in [3.63, 3.8) is 0 Å². The molecule has 0 saturated carbocycles. The average molecular weight is 596 g/mol. The second-order valence-corrected chi connectivity index (χ2v) is 8.01. The fourth-order valence-corrected chi connectivity index (χ4v) is 3.83. The van der Waals surface area contributed by atoms with Crippen LogP contribution in [0.25, 0.3) is 7.00 Å². The summed E-state index contributed by atoms with van der Waals surface area (Å²) in [6.45, 7) is 9.56. The first kappa shape index (κ1) is 19.7. The summed E-state index contributed by atoms with van der Waals surface area (Å²) in [7, 11) is 2.14. The van der Waals surface area contributed by atoms with Crippen LogP contribution in [0.1, 0.15) is 204 Å². The molecule has 3 rings (SSSR count).